The molecule has 1 atom stereocenters. The minimum atomic E-state index is 0.454. The van der Waals surface area contributed by atoms with E-state index in [1.165, 1.54) is 44.1 Å². The highest BCUT2D eigenvalue weighted by Crippen LogP contribution is 2.28. The lowest BCUT2D eigenvalue weighted by Gasteiger charge is -2.26. The Labute approximate surface area is 94.3 Å². The second-order valence-electron chi connectivity index (χ2n) is 4.83. The summed E-state index contributed by atoms with van der Waals surface area (Å²) in [4.78, 5) is 0. The van der Waals surface area contributed by atoms with Crippen molar-refractivity contribution in [2.24, 2.45) is 11.8 Å². The van der Waals surface area contributed by atoms with Crippen LogP contribution in [0.25, 0.3) is 0 Å². The lowest BCUT2D eigenvalue weighted by Crippen LogP contribution is -2.41. The first-order valence-electron chi connectivity index (χ1n) is 6.40. The molecule has 1 aliphatic rings. The maximum Gasteiger partial charge on any atom is 0.0275 e. The summed E-state index contributed by atoms with van der Waals surface area (Å²) >= 11 is 0. The molecule has 2 heteroatoms. The van der Waals surface area contributed by atoms with Crippen molar-refractivity contribution in [2.45, 2.75) is 64.3 Å². The van der Waals surface area contributed by atoms with Gasteiger partial charge in [-0.1, -0.05) is 44.8 Å². The normalized spacial score (nSPS) is 20.9. The summed E-state index contributed by atoms with van der Waals surface area (Å²) in [7, 11) is 0. The first kappa shape index (κ1) is 12.7. The van der Waals surface area contributed by atoms with Crippen LogP contribution in [0.1, 0.15) is 58.3 Å². The van der Waals surface area contributed by atoms with Gasteiger partial charge in [0, 0.05) is 6.04 Å². The fraction of sp³-hybridized carbons (Fsp3) is 0.846. The van der Waals surface area contributed by atoms with E-state index in [9.17, 15) is 0 Å². The Hall–Kier alpha value is -0.340. The molecule has 0 aromatic rings. The standard InChI is InChI=1S/C13H26N2/c1-3-11(2)10-13(15-14)12-8-6-4-5-7-9-12/h12-13,15H,2-10,14H2,1H3. The van der Waals surface area contributed by atoms with Gasteiger partial charge in [-0.2, -0.15) is 0 Å². The first-order chi connectivity index (χ1) is 7.27. The first-order valence-corrected chi connectivity index (χ1v) is 6.40. The van der Waals surface area contributed by atoms with Gasteiger partial charge in [0.15, 0.2) is 0 Å². The van der Waals surface area contributed by atoms with E-state index in [0.29, 0.717) is 6.04 Å². The van der Waals surface area contributed by atoms with Gasteiger partial charge in [-0.25, -0.2) is 0 Å². The van der Waals surface area contributed by atoms with Crippen LogP contribution in [-0.2, 0) is 0 Å². The quantitative estimate of drug-likeness (QED) is 0.317. The van der Waals surface area contributed by atoms with Crippen molar-refractivity contribution in [3.05, 3.63) is 12.2 Å². The predicted molar refractivity (Wildman–Crippen MR) is 66.4 cm³/mol. The van der Waals surface area contributed by atoms with Gasteiger partial charge in [-0.05, 0) is 31.6 Å². The Morgan fingerprint density at radius 3 is 2.40 bits per heavy atom. The lowest BCUT2D eigenvalue weighted by molar-refractivity contribution is 0.319. The monoisotopic (exact) mass is 210 g/mol. The van der Waals surface area contributed by atoms with E-state index in [-0.39, 0.29) is 0 Å². The zero-order valence-corrected chi connectivity index (χ0v) is 10.1. The van der Waals surface area contributed by atoms with E-state index in [4.69, 9.17) is 5.84 Å². The molecule has 1 aliphatic carbocycles. The van der Waals surface area contributed by atoms with Crippen molar-refractivity contribution < 1.29 is 0 Å². The molecule has 15 heavy (non-hydrogen) atoms. The van der Waals surface area contributed by atoms with Crippen LogP contribution in [0.2, 0.25) is 0 Å². The molecule has 0 saturated heterocycles. The van der Waals surface area contributed by atoms with Crippen LogP contribution in [0, 0.1) is 5.92 Å². The maximum atomic E-state index is 5.67. The third-order valence-electron chi connectivity index (χ3n) is 3.69. The van der Waals surface area contributed by atoms with Gasteiger partial charge < -0.3 is 0 Å². The molecule has 1 fully saturated rings. The molecular formula is C13H26N2. The molecule has 1 unspecified atom stereocenters. The molecule has 0 amide bonds. The topological polar surface area (TPSA) is 38.0 Å². The largest absolute Gasteiger partial charge is 0.271 e. The smallest absolute Gasteiger partial charge is 0.0275 e. The lowest BCUT2D eigenvalue weighted by atomic mass is 9.88. The Balaban J connectivity index is 2.44. The highest BCUT2D eigenvalue weighted by atomic mass is 15.2. The molecule has 0 heterocycles. The van der Waals surface area contributed by atoms with Crippen LogP contribution < -0.4 is 11.3 Å². The Morgan fingerprint density at radius 1 is 1.33 bits per heavy atom. The SMILES string of the molecule is C=C(CC)CC(NN)C1CCCCCC1. The number of hydrazine groups is 1. The average Bonchev–Trinajstić information content (AvgIpc) is 2.54. The molecule has 0 aliphatic heterocycles. The van der Waals surface area contributed by atoms with Crippen molar-refractivity contribution in [3.8, 4) is 0 Å². The highest BCUT2D eigenvalue weighted by molar-refractivity contribution is 4.97. The Morgan fingerprint density at radius 2 is 1.93 bits per heavy atom. The van der Waals surface area contributed by atoms with Gasteiger partial charge in [0.05, 0.1) is 0 Å². The summed E-state index contributed by atoms with van der Waals surface area (Å²) < 4.78 is 0. The van der Waals surface area contributed by atoms with Gasteiger partial charge in [-0.15, -0.1) is 0 Å². The Bertz CT molecular complexity index is 181. The van der Waals surface area contributed by atoms with Crippen LogP contribution in [0.4, 0.5) is 0 Å². The van der Waals surface area contributed by atoms with Crippen LogP contribution in [-0.4, -0.2) is 6.04 Å². The van der Waals surface area contributed by atoms with Gasteiger partial charge in [-0.3, -0.25) is 11.3 Å². The summed E-state index contributed by atoms with van der Waals surface area (Å²) in [5, 5.41) is 0. The third-order valence-corrected chi connectivity index (χ3v) is 3.69. The minimum absolute atomic E-state index is 0.454. The molecule has 0 radical (unpaired) electrons. The van der Waals surface area contributed by atoms with Gasteiger partial charge in [0.25, 0.3) is 0 Å². The zero-order valence-electron chi connectivity index (χ0n) is 10.1. The van der Waals surface area contributed by atoms with E-state index < -0.39 is 0 Å². The van der Waals surface area contributed by atoms with Gasteiger partial charge in [0.2, 0.25) is 0 Å². The summed E-state index contributed by atoms with van der Waals surface area (Å²) in [5.74, 6) is 6.43. The molecule has 1 saturated carbocycles. The molecule has 0 bridgehead atoms. The number of nitrogens with two attached hydrogens (primary N) is 1. The summed E-state index contributed by atoms with van der Waals surface area (Å²) in [6.45, 7) is 6.25. The van der Waals surface area contributed by atoms with E-state index in [0.717, 1.165) is 18.8 Å². The van der Waals surface area contributed by atoms with Crippen molar-refractivity contribution in [1.29, 1.82) is 0 Å². The van der Waals surface area contributed by atoms with Gasteiger partial charge >= 0.3 is 0 Å². The molecular weight excluding hydrogens is 184 g/mol. The fourth-order valence-corrected chi connectivity index (χ4v) is 2.53. The van der Waals surface area contributed by atoms with Crippen LogP contribution in [0.3, 0.4) is 0 Å². The number of hydrogen-bond acceptors (Lipinski definition) is 2. The van der Waals surface area contributed by atoms with Crippen molar-refractivity contribution in [3.63, 3.8) is 0 Å². The summed E-state index contributed by atoms with van der Waals surface area (Å²) in [5.41, 5.74) is 4.33. The molecule has 2 nitrogen and oxygen atoms in total. The Kier molecular flexibility index (Phi) is 5.96. The third kappa shape index (κ3) is 4.35. The molecule has 0 spiro atoms. The molecule has 0 aromatic heterocycles. The second kappa shape index (κ2) is 7.02. The summed E-state index contributed by atoms with van der Waals surface area (Å²) in [6, 6.07) is 0.454. The van der Waals surface area contributed by atoms with Crippen molar-refractivity contribution in [1.82, 2.24) is 5.43 Å². The predicted octanol–water partition coefficient (Wildman–Crippen LogP) is 3.15. The van der Waals surface area contributed by atoms with Gasteiger partial charge in [0.1, 0.15) is 0 Å². The van der Waals surface area contributed by atoms with E-state index in [1.54, 1.807) is 0 Å². The molecule has 88 valence electrons. The van der Waals surface area contributed by atoms with Crippen LogP contribution in [0.15, 0.2) is 12.2 Å². The maximum absolute atomic E-state index is 5.67. The van der Waals surface area contributed by atoms with Crippen LogP contribution >= 0.6 is 0 Å². The van der Waals surface area contributed by atoms with E-state index >= 15 is 0 Å². The highest BCUT2D eigenvalue weighted by Gasteiger charge is 2.21. The molecule has 0 aromatic carbocycles. The molecule has 1 rings (SSSR count). The fourth-order valence-electron chi connectivity index (χ4n) is 2.53. The van der Waals surface area contributed by atoms with Crippen molar-refractivity contribution >= 4 is 0 Å². The van der Waals surface area contributed by atoms with E-state index in [2.05, 4.69) is 18.9 Å². The minimum Gasteiger partial charge on any atom is -0.271 e. The van der Waals surface area contributed by atoms with E-state index in [1.807, 2.05) is 0 Å². The number of nitrogens with one attached hydrogen (secondary N) is 1. The number of hydrogen-bond donors (Lipinski definition) is 2. The van der Waals surface area contributed by atoms with Crippen LogP contribution in [0.5, 0.6) is 0 Å². The number of rotatable bonds is 5. The average molecular weight is 210 g/mol. The second-order valence-corrected chi connectivity index (χ2v) is 4.83. The molecule has 3 N–H and O–H groups in total. The summed E-state index contributed by atoms with van der Waals surface area (Å²) in [6.07, 6.45) is 10.4. The van der Waals surface area contributed by atoms with Crippen molar-refractivity contribution in [2.75, 3.05) is 0 Å². The zero-order chi connectivity index (χ0) is 11.1.